The van der Waals surface area contributed by atoms with Gasteiger partial charge >= 0.3 is 6.03 Å². The molecular formula is C17H22N6O2S. The fraction of sp³-hybridized carbons (Fsp3) is 0.471. The number of carbonyl (C=O) groups is 2. The minimum Gasteiger partial charge on any atom is -0.335 e. The van der Waals surface area contributed by atoms with Gasteiger partial charge in [-0.3, -0.25) is 19.7 Å². The first kappa shape index (κ1) is 18.4. The molecule has 0 spiro atoms. The van der Waals surface area contributed by atoms with Gasteiger partial charge in [0.15, 0.2) is 11.0 Å². The summed E-state index contributed by atoms with van der Waals surface area (Å²) >= 11 is 1.29. The SMILES string of the molecule is CC[C@H](C)NC(=O)NC(=O)CSc1nnc(-c2ccncc2)n1C1CC1. The van der Waals surface area contributed by atoms with Crippen LogP contribution in [0.1, 0.15) is 39.2 Å². The van der Waals surface area contributed by atoms with E-state index >= 15 is 0 Å². The average molecular weight is 374 g/mol. The Labute approximate surface area is 156 Å². The molecule has 3 rings (SSSR count). The van der Waals surface area contributed by atoms with Crippen LogP contribution < -0.4 is 10.6 Å². The minimum atomic E-state index is -0.467. The first-order chi connectivity index (χ1) is 12.6. The number of hydrogen-bond acceptors (Lipinski definition) is 6. The van der Waals surface area contributed by atoms with Gasteiger partial charge in [-0.25, -0.2) is 4.79 Å². The van der Waals surface area contributed by atoms with E-state index < -0.39 is 6.03 Å². The highest BCUT2D eigenvalue weighted by molar-refractivity contribution is 7.99. The van der Waals surface area contributed by atoms with Crippen LogP contribution in [0.15, 0.2) is 29.7 Å². The largest absolute Gasteiger partial charge is 0.335 e. The van der Waals surface area contributed by atoms with E-state index in [1.165, 1.54) is 11.8 Å². The van der Waals surface area contributed by atoms with Crippen LogP contribution in [0, 0.1) is 0 Å². The summed E-state index contributed by atoms with van der Waals surface area (Å²) in [5.41, 5.74) is 0.948. The first-order valence-corrected chi connectivity index (χ1v) is 9.65. The summed E-state index contributed by atoms with van der Waals surface area (Å²) in [5.74, 6) is 0.536. The highest BCUT2D eigenvalue weighted by atomic mass is 32.2. The normalized spacial score (nSPS) is 14.7. The molecule has 1 atom stereocenters. The lowest BCUT2D eigenvalue weighted by Crippen LogP contribution is -2.43. The molecule has 0 unspecified atom stereocenters. The van der Waals surface area contributed by atoms with Gasteiger partial charge in [0.2, 0.25) is 5.91 Å². The average Bonchev–Trinajstić information content (AvgIpc) is 3.39. The Morgan fingerprint density at radius 3 is 2.69 bits per heavy atom. The molecule has 2 heterocycles. The second kappa shape index (κ2) is 8.31. The van der Waals surface area contributed by atoms with Crippen LogP contribution in [0.2, 0.25) is 0 Å². The maximum absolute atomic E-state index is 12.0. The minimum absolute atomic E-state index is 0.0244. The summed E-state index contributed by atoms with van der Waals surface area (Å²) in [6.07, 6.45) is 6.40. The van der Waals surface area contributed by atoms with Crippen molar-refractivity contribution in [1.29, 1.82) is 0 Å². The second-order valence-electron chi connectivity index (χ2n) is 6.26. The van der Waals surface area contributed by atoms with E-state index in [1.807, 2.05) is 26.0 Å². The van der Waals surface area contributed by atoms with Gasteiger partial charge in [-0.15, -0.1) is 10.2 Å². The molecule has 9 heteroatoms. The van der Waals surface area contributed by atoms with Crippen LogP contribution in [0.5, 0.6) is 0 Å². The molecule has 1 saturated carbocycles. The van der Waals surface area contributed by atoms with E-state index in [-0.39, 0.29) is 17.7 Å². The summed E-state index contributed by atoms with van der Waals surface area (Å²) in [5, 5.41) is 14.3. The Hall–Kier alpha value is -2.42. The van der Waals surface area contributed by atoms with Crippen molar-refractivity contribution in [2.24, 2.45) is 0 Å². The van der Waals surface area contributed by atoms with Crippen LogP contribution in [0.3, 0.4) is 0 Å². The van der Waals surface area contributed by atoms with Crippen LogP contribution in [-0.4, -0.2) is 43.5 Å². The third-order valence-corrected chi connectivity index (χ3v) is 5.03. The molecule has 26 heavy (non-hydrogen) atoms. The summed E-state index contributed by atoms with van der Waals surface area (Å²) in [4.78, 5) is 27.8. The van der Waals surface area contributed by atoms with Crippen molar-refractivity contribution in [3.8, 4) is 11.4 Å². The zero-order valence-electron chi connectivity index (χ0n) is 14.8. The number of pyridine rings is 1. The molecule has 0 saturated heterocycles. The summed E-state index contributed by atoms with van der Waals surface area (Å²) < 4.78 is 2.08. The molecule has 0 aromatic carbocycles. The molecule has 2 aromatic rings. The zero-order chi connectivity index (χ0) is 18.5. The fourth-order valence-electron chi connectivity index (χ4n) is 2.39. The van der Waals surface area contributed by atoms with Crippen molar-refractivity contribution in [3.05, 3.63) is 24.5 Å². The van der Waals surface area contributed by atoms with E-state index in [4.69, 9.17) is 0 Å². The van der Waals surface area contributed by atoms with E-state index in [0.717, 1.165) is 30.7 Å². The molecule has 8 nitrogen and oxygen atoms in total. The lowest BCUT2D eigenvalue weighted by molar-refractivity contribution is -0.117. The number of imide groups is 1. The predicted molar refractivity (Wildman–Crippen MR) is 98.7 cm³/mol. The molecule has 2 N–H and O–H groups in total. The number of rotatable bonds is 7. The van der Waals surface area contributed by atoms with Crippen LogP contribution >= 0.6 is 11.8 Å². The van der Waals surface area contributed by atoms with Gasteiger partial charge in [0.1, 0.15) is 0 Å². The number of aromatic nitrogens is 4. The van der Waals surface area contributed by atoms with Crippen LogP contribution in [0.4, 0.5) is 4.79 Å². The van der Waals surface area contributed by atoms with Crippen LogP contribution in [0.25, 0.3) is 11.4 Å². The Kier molecular flexibility index (Phi) is 5.87. The fourth-order valence-corrected chi connectivity index (χ4v) is 3.20. The van der Waals surface area contributed by atoms with Crippen molar-refractivity contribution in [2.75, 3.05) is 5.75 Å². The van der Waals surface area contributed by atoms with Gasteiger partial charge in [-0.05, 0) is 38.3 Å². The Morgan fingerprint density at radius 2 is 2.04 bits per heavy atom. The van der Waals surface area contributed by atoms with Gasteiger partial charge in [-0.2, -0.15) is 0 Å². The standard InChI is InChI=1S/C17H22N6O2S/c1-3-11(2)19-16(25)20-14(24)10-26-17-22-21-15(23(17)13-4-5-13)12-6-8-18-9-7-12/h6-9,11,13H,3-5,10H2,1-2H3,(H2,19,20,24,25)/t11-/m0/s1. The molecular weight excluding hydrogens is 352 g/mol. The molecule has 1 fully saturated rings. The number of nitrogens with one attached hydrogen (secondary N) is 2. The molecule has 0 bridgehead atoms. The third kappa shape index (κ3) is 4.60. The van der Waals surface area contributed by atoms with Gasteiger partial charge in [0, 0.05) is 30.0 Å². The van der Waals surface area contributed by atoms with E-state index in [1.54, 1.807) is 12.4 Å². The topological polar surface area (TPSA) is 102 Å². The zero-order valence-corrected chi connectivity index (χ0v) is 15.6. The quantitative estimate of drug-likeness (QED) is 0.722. The predicted octanol–water partition coefficient (Wildman–Crippen LogP) is 2.39. The van der Waals surface area contributed by atoms with Gasteiger partial charge in [-0.1, -0.05) is 18.7 Å². The summed E-state index contributed by atoms with van der Waals surface area (Å²) in [6.45, 7) is 3.85. The van der Waals surface area contributed by atoms with Crippen LogP contribution in [-0.2, 0) is 4.79 Å². The summed E-state index contributed by atoms with van der Waals surface area (Å²) in [7, 11) is 0. The van der Waals surface area contributed by atoms with Gasteiger partial charge in [0.05, 0.1) is 5.75 Å². The Balaban J connectivity index is 1.63. The smallest absolute Gasteiger partial charge is 0.321 e. The van der Waals surface area contributed by atoms with E-state index in [0.29, 0.717) is 11.2 Å². The van der Waals surface area contributed by atoms with Gasteiger partial charge < -0.3 is 5.32 Å². The van der Waals surface area contributed by atoms with E-state index in [9.17, 15) is 9.59 Å². The van der Waals surface area contributed by atoms with Crippen molar-refractivity contribution in [1.82, 2.24) is 30.4 Å². The Morgan fingerprint density at radius 1 is 1.31 bits per heavy atom. The highest BCUT2D eigenvalue weighted by Crippen LogP contribution is 2.40. The first-order valence-electron chi connectivity index (χ1n) is 8.67. The molecule has 1 aliphatic rings. The van der Waals surface area contributed by atoms with Crippen molar-refractivity contribution in [3.63, 3.8) is 0 Å². The molecule has 2 aromatic heterocycles. The third-order valence-electron chi connectivity index (χ3n) is 4.09. The lowest BCUT2D eigenvalue weighted by atomic mass is 10.2. The monoisotopic (exact) mass is 374 g/mol. The molecule has 1 aliphatic carbocycles. The van der Waals surface area contributed by atoms with E-state index in [2.05, 4.69) is 30.4 Å². The highest BCUT2D eigenvalue weighted by Gasteiger charge is 2.30. The molecule has 138 valence electrons. The number of urea groups is 1. The lowest BCUT2D eigenvalue weighted by Gasteiger charge is -2.12. The molecule has 0 aliphatic heterocycles. The maximum atomic E-state index is 12.0. The Bertz CT molecular complexity index is 775. The molecule has 3 amide bonds. The van der Waals surface area contributed by atoms with Crippen molar-refractivity contribution < 1.29 is 9.59 Å². The number of hydrogen-bond donors (Lipinski definition) is 2. The number of thioether (sulfide) groups is 1. The second-order valence-corrected chi connectivity index (χ2v) is 7.21. The van der Waals surface area contributed by atoms with Crippen molar-refractivity contribution in [2.45, 2.75) is 50.4 Å². The number of carbonyl (C=O) groups excluding carboxylic acids is 2. The van der Waals surface area contributed by atoms with Crippen molar-refractivity contribution >= 4 is 23.7 Å². The number of nitrogens with zero attached hydrogens (tertiary/aromatic N) is 4. The molecule has 0 radical (unpaired) electrons. The van der Waals surface area contributed by atoms with Gasteiger partial charge in [0.25, 0.3) is 0 Å². The number of amides is 3. The summed E-state index contributed by atoms with van der Waals surface area (Å²) in [6, 6.07) is 3.71. The maximum Gasteiger partial charge on any atom is 0.321 e.